The van der Waals surface area contributed by atoms with Crippen molar-refractivity contribution >= 4 is 11.6 Å². The number of ketones is 2. The number of carbonyl (C=O) groups is 2. The molecule has 6 nitrogen and oxygen atoms in total. The third kappa shape index (κ3) is 4.01. The number of ether oxygens (including phenoxy) is 1. The Hall–Kier alpha value is -1.92. The van der Waals surface area contributed by atoms with Crippen LogP contribution < -0.4 is 0 Å². The van der Waals surface area contributed by atoms with Crippen LogP contribution >= 0.6 is 0 Å². The fourth-order valence-corrected chi connectivity index (χ4v) is 3.32. The fraction of sp³-hybridized carbons (Fsp3) is 0.619. The van der Waals surface area contributed by atoms with Gasteiger partial charge in [0.15, 0.2) is 11.4 Å². The van der Waals surface area contributed by atoms with Gasteiger partial charge in [-0.3, -0.25) is 9.59 Å². The molecular weight excluding hydrogens is 348 g/mol. The van der Waals surface area contributed by atoms with E-state index in [0.29, 0.717) is 0 Å². The van der Waals surface area contributed by atoms with Crippen LogP contribution in [0, 0.1) is 5.92 Å². The molecule has 0 aromatic carbocycles. The Morgan fingerprint density at radius 2 is 1.96 bits per heavy atom. The topological polar surface area (TPSA) is 104 Å². The van der Waals surface area contributed by atoms with Crippen molar-refractivity contribution in [3.63, 3.8) is 0 Å². The lowest BCUT2D eigenvalue weighted by Gasteiger charge is -2.33. The van der Waals surface area contributed by atoms with Crippen molar-refractivity contribution < 1.29 is 29.6 Å². The summed E-state index contributed by atoms with van der Waals surface area (Å²) in [4.78, 5) is 25.7. The van der Waals surface area contributed by atoms with Crippen LogP contribution in [-0.4, -0.2) is 44.2 Å². The normalized spacial score (nSPS) is 25.7. The number of aliphatic hydroxyl groups excluding tert-OH is 1. The molecule has 6 heteroatoms. The molecule has 0 aromatic heterocycles. The van der Waals surface area contributed by atoms with Gasteiger partial charge in [0.1, 0.15) is 23.2 Å². The van der Waals surface area contributed by atoms with E-state index in [-0.39, 0.29) is 42.1 Å². The minimum atomic E-state index is -2.07. The third-order valence-electron chi connectivity index (χ3n) is 4.89. The van der Waals surface area contributed by atoms with Gasteiger partial charge in [0.2, 0.25) is 5.78 Å². The minimum absolute atomic E-state index is 0.00389. The molecule has 1 heterocycles. The summed E-state index contributed by atoms with van der Waals surface area (Å²) < 4.78 is 5.75. The molecule has 0 saturated heterocycles. The van der Waals surface area contributed by atoms with Crippen LogP contribution in [0.25, 0.3) is 0 Å². The molecule has 3 N–H and O–H groups in total. The zero-order valence-corrected chi connectivity index (χ0v) is 16.9. The van der Waals surface area contributed by atoms with Gasteiger partial charge in [-0.2, -0.15) is 0 Å². The predicted octanol–water partition coefficient (Wildman–Crippen LogP) is 2.90. The predicted molar refractivity (Wildman–Crippen MR) is 101 cm³/mol. The summed E-state index contributed by atoms with van der Waals surface area (Å²) in [5, 5.41) is 32.2. The molecule has 1 aliphatic carbocycles. The summed E-state index contributed by atoms with van der Waals surface area (Å²) in [5.41, 5.74) is -2.57. The maximum atomic E-state index is 13.1. The second kappa shape index (κ2) is 7.24. The summed E-state index contributed by atoms with van der Waals surface area (Å²) in [7, 11) is 0. The molecule has 0 radical (unpaired) electrons. The Bertz CT molecular complexity index is 743. The molecule has 0 unspecified atom stereocenters. The van der Waals surface area contributed by atoms with Gasteiger partial charge >= 0.3 is 0 Å². The van der Waals surface area contributed by atoms with E-state index in [1.807, 2.05) is 27.7 Å². The molecule has 0 amide bonds. The molecule has 2 aliphatic rings. The van der Waals surface area contributed by atoms with Crippen molar-refractivity contribution in [2.24, 2.45) is 5.92 Å². The number of aliphatic hydroxyl groups is 3. The minimum Gasteiger partial charge on any atom is -0.507 e. The second-order valence-electron chi connectivity index (χ2n) is 8.69. The first kappa shape index (κ1) is 21.4. The summed E-state index contributed by atoms with van der Waals surface area (Å²) >= 11 is 0. The van der Waals surface area contributed by atoms with Crippen LogP contribution in [0.4, 0.5) is 0 Å². The van der Waals surface area contributed by atoms with Crippen molar-refractivity contribution in [2.45, 2.75) is 78.1 Å². The van der Waals surface area contributed by atoms with E-state index in [9.17, 15) is 24.9 Å². The molecule has 2 atom stereocenters. The molecule has 0 fully saturated rings. The lowest BCUT2D eigenvalue weighted by atomic mass is 9.77. The van der Waals surface area contributed by atoms with Gasteiger partial charge in [-0.15, -0.1) is 0 Å². The summed E-state index contributed by atoms with van der Waals surface area (Å²) in [6.45, 7) is 10.5. The first-order valence-electron chi connectivity index (χ1n) is 9.29. The Kier molecular flexibility index (Phi) is 5.74. The summed E-state index contributed by atoms with van der Waals surface area (Å²) in [6, 6.07) is 0. The van der Waals surface area contributed by atoms with Crippen molar-refractivity contribution in [3.05, 3.63) is 34.3 Å². The van der Waals surface area contributed by atoms with Gasteiger partial charge < -0.3 is 20.1 Å². The highest BCUT2D eigenvalue weighted by Gasteiger charge is 2.55. The smallest absolute Gasteiger partial charge is 0.209 e. The number of carbonyl (C=O) groups excluding carboxylic acids is 2. The van der Waals surface area contributed by atoms with Crippen LogP contribution in [0.15, 0.2) is 34.3 Å². The quantitative estimate of drug-likeness (QED) is 0.485. The number of hydrogen-bond acceptors (Lipinski definition) is 6. The molecule has 0 spiro atoms. The Morgan fingerprint density at radius 3 is 2.44 bits per heavy atom. The van der Waals surface area contributed by atoms with Crippen molar-refractivity contribution in [1.29, 1.82) is 0 Å². The van der Waals surface area contributed by atoms with E-state index < -0.39 is 34.6 Å². The highest BCUT2D eigenvalue weighted by molar-refractivity contribution is 6.25. The zero-order chi connectivity index (χ0) is 20.7. The summed E-state index contributed by atoms with van der Waals surface area (Å²) in [6.07, 6.45) is 1.07. The lowest BCUT2D eigenvalue weighted by Crippen LogP contribution is -2.47. The van der Waals surface area contributed by atoms with Gasteiger partial charge in [0, 0.05) is 24.8 Å². The number of rotatable bonds is 6. The van der Waals surface area contributed by atoms with E-state index in [0.717, 1.165) is 5.57 Å². The molecule has 0 aromatic rings. The Morgan fingerprint density at radius 1 is 1.37 bits per heavy atom. The number of hydrogen-bond donors (Lipinski definition) is 3. The first-order valence-corrected chi connectivity index (χ1v) is 9.29. The maximum absolute atomic E-state index is 13.1. The van der Waals surface area contributed by atoms with E-state index in [1.165, 1.54) is 0 Å². The molecule has 27 heavy (non-hydrogen) atoms. The Labute approximate surface area is 160 Å². The van der Waals surface area contributed by atoms with Crippen LogP contribution in [0.2, 0.25) is 0 Å². The number of allylic oxidation sites excluding steroid dienone is 2. The standard InChI is InChI=1S/C21H30O6/c1-11(2)7-8-21(26)18(24)16(14(22)9-12(3)4)17(23)13-10-15(20(5,6)25)27-19(13)21/h7,12,15,23,25-26H,8-10H2,1-6H3/t15-,21+/m0/s1. The van der Waals surface area contributed by atoms with E-state index in [2.05, 4.69) is 0 Å². The third-order valence-corrected chi connectivity index (χ3v) is 4.89. The molecule has 0 saturated carbocycles. The van der Waals surface area contributed by atoms with Crippen LogP contribution in [-0.2, 0) is 14.3 Å². The van der Waals surface area contributed by atoms with Gasteiger partial charge in [0.05, 0.1) is 5.60 Å². The fourth-order valence-electron chi connectivity index (χ4n) is 3.32. The van der Waals surface area contributed by atoms with Crippen LogP contribution in [0.3, 0.4) is 0 Å². The highest BCUT2D eigenvalue weighted by atomic mass is 16.5. The second-order valence-corrected chi connectivity index (χ2v) is 8.69. The molecule has 150 valence electrons. The van der Waals surface area contributed by atoms with Crippen molar-refractivity contribution in [2.75, 3.05) is 0 Å². The summed E-state index contributed by atoms with van der Waals surface area (Å²) in [5.74, 6) is -1.85. The monoisotopic (exact) mass is 378 g/mol. The molecule has 0 bridgehead atoms. The van der Waals surface area contributed by atoms with Gasteiger partial charge in [-0.05, 0) is 33.6 Å². The maximum Gasteiger partial charge on any atom is 0.209 e. The van der Waals surface area contributed by atoms with Crippen molar-refractivity contribution in [3.8, 4) is 0 Å². The highest BCUT2D eigenvalue weighted by Crippen LogP contribution is 2.46. The van der Waals surface area contributed by atoms with Crippen LogP contribution in [0.5, 0.6) is 0 Å². The number of Topliss-reactive ketones (excluding diaryl/α,β-unsaturated/α-hetero) is 2. The molecular formula is C21H30O6. The van der Waals surface area contributed by atoms with Crippen molar-refractivity contribution in [1.82, 2.24) is 0 Å². The zero-order valence-electron chi connectivity index (χ0n) is 16.9. The van der Waals surface area contributed by atoms with Gasteiger partial charge in [-0.25, -0.2) is 0 Å². The van der Waals surface area contributed by atoms with E-state index in [4.69, 9.17) is 4.74 Å². The van der Waals surface area contributed by atoms with E-state index >= 15 is 0 Å². The molecule has 2 rings (SSSR count). The van der Waals surface area contributed by atoms with Gasteiger partial charge in [0.25, 0.3) is 0 Å². The van der Waals surface area contributed by atoms with Gasteiger partial charge in [-0.1, -0.05) is 25.5 Å². The average Bonchev–Trinajstić information content (AvgIpc) is 2.97. The SMILES string of the molecule is CC(C)=CC[C@@]1(O)C(=O)C(C(=O)CC(C)C)=C(O)C2=C1O[C@H](C(C)(C)O)C2. The first-order chi connectivity index (χ1) is 12.3. The Balaban J connectivity index is 2.58. The average molecular weight is 378 g/mol. The molecule has 1 aliphatic heterocycles. The van der Waals surface area contributed by atoms with Crippen LogP contribution in [0.1, 0.15) is 60.8 Å². The lowest BCUT2D eigenvalue weighted by molar-refractivity contribution is -0.138. The largest absolute Gasteiger partial charge is 0.507 e. The van der Waals surface area contributed by atoms with E-state index in [1.54, 1.807) is 19.9 Å².